The molecule has 1 radical (unpaired) electrons. The van der Waals surface area contributed by atoms with Crippen LogP contribution in [-0.4, -0.2) is 13.6 Å². The van der Waals surface area contributed by atoms with E-state index in [1.54, 1.807) is 0 Å². The van der Waals surface area contributed by atoms with Crippen molar-refractivity contribution in [2.24, 2.45) is 0 Å². The van der Waals surface area contributed by atoms with Gasteiger partial charge in [0.2, 0.25) is 0 Å². The van der Waals surface area contributed by atoms with Gasteiger partial charge in [0.25, 0.3) is 0 Å². The Morgan fingerprint density at radius 2 is 1.92 bits per heavy atom. The van der Waals surface area contributed by atoms with Crippen molar-refractivity contribution < 1.29 is 0 Å². The van der Waals surface area contributed by atoms with Gasteiger partial charge in [0, 0.05) is 24.3 Å². The quantitative estimate of drug-likeness (QED) is 0.695. The smallest absolute Gasteiger partial charge is 0.0407 e. The van der Waals surface area contributed by atoms with Crippen LogP contribution in [0, 0.1) is 6.92 Å². The van der Waals surface area contributed by atoms with Gasteiger partial charge in [-0.3, -0.25) is 0 Å². The third kappa shape index (κ3) is 2.42. The molecule has 0 saturated carbocycles. The van der Waals surface area contributed by atoms with Crippen LogP contribution in [0.3, 0.4) is 0 Å². The van der Waals surface area contributed by atoms with Gasteiger partial charge in [-0.05, 0) is 30.7 Å². The Morgan fingerprint density at radius 3 is 2.42 bits per heavy atom. The largest absolute Gasteiger partial charge is 0.375 e. The molecule has 65 valence electrons. The monoisotopic (exact) mass is 182 g/mol. The van der Waals surface area contributed by atoms with Crippen LogP contribution in [0.15, 0.2) is 24.3 Å². The second-order valence-electron chi connectivity index (χ2n) is 2.75. The standard InChI is InChI=1S/C10H13ClN/c1-3-8-12(2)10-6-4-9(11)5-7-10/h4-7H,1,3,8H2,2H3. The predicted octanol–water partition coefficient (Wildman–Crippen LogP) is 3.00. The van der Waals surface area contributed by atoms with Crippen LogP contribution in [0.1, 0.15) is 6.42 Å². The second kappa shape index (κ2) is 4.36. The molecule has 0 spiro atoms. The van der Waals surface area contributed by atoms with E-state index in [-0.39, 0.29) is 0 Å². The summed E-state index contributed by atoms with van der Waals surface area (Å²) < 4.78 is 0. The minimum absolute atomic E-state index is 0.779. The van der Waals surface area contributed by atoms with Crippen molar-refractivity contribution in [3.05, 3.63) is 36.2 Å². The predicted molar refractivity (Wildman–Crippen MR) is 54.7 cm³/mol. The highest BCUT2D eigenvalue weighted by atomic mass is 35.5. The number of rotatable bonds is 3. The van der Waals surface area contributed by atoms with E-state index >= 15 is 0 Å². The molecule has 2 heteroatoms. The SMILES string of the molecule is [CH2]CCN(C)c1ccc(Cl)cc1. The van der Waals surface area contributed by atoms with Crippen LogP contribution >= 0.6 is 11.6 Å². The lowest BCUT2D eigenvalue weighted by atomic mass is 10.3. The average molecular weight is 183 g/mol. The first-order valence-electron chi connectivity index (χ1n) is 4.00. The molecule has 1 rings (SSSR count). The zero-order valence-electron chi connectivity index (χ0n) is 7.26. The van der Waals surface area contributed by atoms with Gasteiger partial charge in [0.15, 0.2) is 0 Å². The molecule has 0 saturated heterocycles. The van der Waals surface area contributed by atoms with Crippen LogP contribution in [0.4, 0.5) is 5.69 Å². The van der Waals surface area contributed by atoms with Crippen molar-refractivity contribution in [1.82, 2.24) is 0 Å². The van der Waals surface area contributed by atoms with Gasteiger partial charge in [-0.1, -0.05) is 18.5 Å². The van der Waals surface area contributed by atoms with E-state index in [1.807, 2.05) is 24.3 Å². The molecule has 0 aromatic heterocycles. The fourth-order valence-electron chi connectivity index (χ4n) is 1.06. The van der Waals surface area contributed by atoms with E-state index in [4.69, 9.17) is 11.6 Å². The summed E-state index contributed by atoms with van der Waals surface area (Å²) in [4.78, 5) is 2.16. The highest BCUT2D eigenvalue weighted by Crippen LogP contribution is 2.16. The summed E-state index contributed by atoms with van der Waals surface area (Å²) in [5.41, 5.74) is 1.18. The minimum Gasteiger partial charge on any atom is -0.375 e. The van der Waals surface area contributed by atoms with E-state index in [9.17, 15) is 0 Å². The first kappa shape index (κ1) is 9.40. The summed E-state index contributed by atoms with van der Waals surface area (Å²) in [6, 6.07) is 7.82. The van der Waals surface area contributed by atoms with E-state index in [1.165, 1.54) is 5.69 Å². The maximum absolute atomic E-state index is 5.76. The van der Waals surface area contributed by atoms with Gasteiger partial charge < -0.3 is 4.90 Å². The Hall–Kier alpha value is -0.690. The van der Waals surface area contributed by atoms with Crippen molar-refractivity contribution >= 4 is 17.3 Å². The number of anilines is 1. The summed E-state index contributed by atoms with van der Waals surface area (Å²) in [5, 5.41) is 0.779. The van der Waals surface area contributed by atoms with E-state index in [0.29, 0.717) is 0 Å². The fourth-order valence-corrected chi connectivity index (χ4v) is 1.19. The normalized spacial score (nSPS) is 9.92. The molecule has 0 N–H and O–H groups in total. The third-order valence-electron chi connectivity index (χ3n) is 1.76. The molecular weight excluding hydrogens is 170 g/mol. The molecule has 0 heterocycles. The lowest BCUT2D eigenvalue weighted by molar-refractivity contribution is 0.897. The summed E-state index contributed by atoms with van der Waals surface area (Å²) in [6.07, 6.45) is 0.916. The van der Waals surface area contributed by atoms with Gasteiger partial charge in [0.05, 0.1) is 0 Å². The molecule has 0 aliphatic rings. The van der Waals surface area contributed by atoms with E-state index < -0.39 is 0 Å². The first-order chi connectivity index (χ1) is 5.74. The van der Waals surface area contributed by atoms with Crippen molar-refractivity contribution in [2.45, 2.75) is 6.42 Å². The van der Waals surface area contributed by atoms with Crippen LogP contribution in [0.2, 0.25) is 5.02 Å². The van der Waals surface area contributed by atoms with Crippen molar-refractivity contribution in [1.29, 1.82) is 0 Å². The highest BCUT2D eigenvalue weighted by molar-refractivity contribution is 6.30. The molecule has 1 aromatic carbocycles. The Balaban J connectivity index is 2.68. The molecule has 1 nitrogen and oxygen atoms in total. The maximum atomic E-state index is 5.76. The number of hydrogen-bond donors (Lipinski definition) is 0. The topological polar surface area (TPSA) is 3.24 Å². The van der Waals surface area contributed by atoms with Gasteiger partial charge in [-0.25, -0.2) is 0 Å². The van der Waals surface area contributed by atoms with Crippen molar-refractivity contribution in [2.75, 3.05) is 18.5 Å². The average Bonchev–Trinajstić information content (AvgIpc) is 2.06. The van der Waals surface area contributed by atoms with Crippen LogP contribution in [0.25, 0.3) is 0 Å². The van der Waals surface area contributed by atoms with Crippen LogP contribution in [-0.2, 0) is 0 Å². The number of halogens is 1. The molecule has 0 aliphatic carbocycles. The maximum Gasteiger partial charge on any atom is 0.0407 e. The molecule has 0 unspecified atom stereocenters. The van der Waals surface area contributed by atoms with Crippen molar-refractivity contribution in [3.8, 4) is 0 Å². The Labute approximate surface area is 79.0 Å². The van der Waals surface area contributed by atoms with Crippen LogP contribution in [0.5, 0.6) is 0 Å². The molecule has 0 fully saturated rings. The summed E-state index contributed by atoms with van der Waals surface area (Å²) in [5.74, 6) is 0. The summed E-state index contributed by atoms with van der Waals surface area (Å²) in [7, 11) is 2.05. The lowest BCUT2D eigenvalue weighted by Gasteiger charge is -2.17. The van der Waals surface area contributed by atoms with Crippen LogP contribution < -0.4 is 4.90 Å². The second-order valence-corrected chi connectivity index (χ2v) is 3.19. The molecule has 0 bridgehead atoms. The molecule has 12 heavy (non-hydrogen) atoms. The van der Waals surface area contributed by atoms with E-state index in [0.717, 1.165) is 18.0 Å². The zero-order valence-corrected chi connectivity index (χ0v) is 8.01. The Kier molecular flexibility index (Phi) is 3.42. The fraction of sp³-hybridized carbons (Fsp3) is 0.300. The van der Waals surface area contributed by atoms with Gasteiger partial charge in [-0.2, -0.15) is 0 Å². The summed E-state index contributed by atoms with van der Waals surface area (Å²) in [6.45, 7) is 4.77. The highest BCUT2D eigenvalue weighted by Gasteiger charge is 1.97. The first-order valence-corrected chi connectivity index (χ1v) is 4.38. The lowest BCUT2D eigenvalue weighted by Crippen LogP contribution is -2.17. The zero-order chi connectivity index (χ0) is 8.97. The Morgan fingerprint density at radius 1 is 1.33 bits per heavy atom. The third-order valence-corrected chi connectivity index (χ3v) is 2.01. The Bertz CT molecular complexity index is 230. The number of hydrogen-bond acceptors (Lipinski definition) is 1. The minimum atomic E-state index is 0.779. The molecule has 0 atom stereocenters. The van der Waals surface area contributed by atoms with Gasteiger partial charge in [0.1, 0.15) is 0 Å². The summed E-state index contributed by atoms with van der Waals surface area (Å²) >= 11 is 5.76. The molecule has 1 aromatic rings. The van der Waals surface area contributed by atoms with Gasteiger partial charge in [-0.15, -0.1) is 0 Å². The van der Waals surface area contributed by atoms with E-state index in [2.05, 4.69) is 18.9 Å². The molecular formula is C10H13ClN. The number of benzene rings is 1. The van der Waals surface area contributed by atoms with Gasteiger partial charge >= 0.3 is 0 Å². The molecule has 0 amide bonds. The van der Waals surface area contributed by atoms with Crippen molar-refractivity contribution in [3.63, 3.8) is 0 Å². The molecule has 0 aliphatic heterocycles. The number of nitrogens with zero attached hydrogens (tertiary/aromatic N) is 1.